The van der Waals surface area contributed by atoms with Crippen LogP contribution in [0.15, 0.2) is 60.8 Å². The molecule has 0 atom stereocenters. The molecule has 3 aromatic rings. The third-order valence-electron chi connectivity index (χ3n) is 6.92. The van der Waals surface area contributed by atoms with Crippen molar-refractivity contribution < 1.29 is 18.7 Å². The molecule has 0 unspecified atom stereocenters. The third kappa shape index (κ3) is 9.66. The second kappa shape index (κ2) is 15.2. The smallest absolute Gasteiger partial charge is 0.226 e. The zero-order valence-corrected chi connectivity index (χ0v) is 23.0. The summed E-state index contributed by atoms with van der Waals surface area (Å²) in [6.45, 7) is 6.99. The second-order valence-electron chi connectivity index (χ2n) is 10.1. The maximum absolute atomic E-state index is 14.2. The fraction of sp³-hybridized carbons (Fsp3) is 0.438. The molecule has 208 valence electrons. The van der Waals surface area contributed by atoms with Crippen LogP contribution in [0.5, 0.6) is 11.5 Å². The molecule has 2 aromatic carbocycles. The molecule has 1 saturated heterocycles. The molecule has 0 saturated carbocycles. The lowest BCUT2D eigenvalue weighted by molar-refractivity contribution is -0.120. The van der Waals surface area contributed by atoms with Crippen LogP contribution in [0, 0.1) is 5.82 Å². The number of amides is 1. The largest absolute Gasteiger partial charge is 0.494 e. The number of rotatable bonds is 14. The Bertz CT molecular complexity index is 1160. The monoisotopic (exact) mass is 533 g/mol. The molecule has 1 amide bonds. The Kier molecular flexibility index (Phi) is 11.1. The van der Waals surface area contributed by atoms with E-state index < -0.39 is 0 Å². The minimum Gasteiger partial charge on any atom is -0.494 e. The van der Waals surface area contributed by atoms with Crippen molar-refractivity contribution in [3.05, 3.63) is 77.9 Å². The highest BCUT2D eigenvalue weighted by Gasteiger charge is 2.10. The van der Waals surface area contributed by atoms with Crippen molar-refractivity contribution in [1.82, 2.24) is 15.2 Å². The number of benzene rings is 2. The van der Waals surface area contributed by atoms with E-state index >= 15 is 0 Å². The van der Waals surface area contributed by atoms with Gasteiger partial charge in [0.15, 0.2) is 0 Å². The lowest BCUT2D eigenvalue weighted by Gasteiger charge is -2.26. The maximum atomic E-state index is 14.2. The van der Waals surface area contributed by atoms with E-state index in [2.05, 4.69) is 15.2 Å². The molecule has 1 fully saturated rings. The molecule has 4 rings (SSSR count). The van der Waals surface area contributed by atoms with Gasteiger partial charge in [-0.25, -0.2) is 4.39 Å². The summed E-state index contributed by atoms with van der Waals surface area (Å²) in [5.74, 6) is 0.796. The SMILES string of the molecule is CCOc1ccc(-c2ccc(CC(=O)NCc3cc(F)cc(OCCCCCN4CCCCC4)c3)nc2)cc1. The fourth-order valence-corrected chi connectivity index (χ4v) is 4.83. The van der Waals surface area contributed by atoms with Crippen LogP contribution in [0.1, 0.15) is 56.7 Å². The Labute approximate surface area is 231 Å². The Morgan fingerprint density at radius 1 is 0.923 bits per heavy atom. The number of aromatic nitrogens is 1. The van der Waals surface area contributed by atoms with Crippen LogP contribution in [0.25, 0.3) is 11.1 Å². The third-order valence-corrected chi connectivity index (χ3v) is 6.92. The van der Waals surface area contributed by atoms with Crippen LogP contribution in [0.2, 0.25) is 0 Å². The van der Waals surface area contributed by atoms with E-state index in [1.807, 2.05) is 43.3 Å². The summed E-state index contributed by atoms with van der Waals surface area (Å²) in [5, 5.41) is 2.86. The minimum absolute atomic E-state index is 0.152. The van der Waals surface area contributed by atoms with Crippen LogP contribution in [0.3, 0.4) is 0 Å². The van der Waals surface area contributed by atoms with Crippen LogP contribution in [-0.2, 0) is 17.8 Å². The average Bonchev–Trinajstić information content (AvgIpc) is 2.95. The van der Waals surface area contributed by atoms with Gasteiger partial charge < -0.3 is 19.7 Å². The first-order valence-electron chi connectivity index (χ1n) is 14.2. The highest BCUT2D eigenvalue weighted by molar-refractivity contribution is 5.78. The number of halogens is 1. The number of carbonyl (C=O) groups excluding carboxylic acids is 1. The van der Waals surface area contributed by atoms with Crippen molar-refractivity contribution >= 4 is 5.91 Å². The Morgan fingerprint density at radius 3 is 2.46 bits per heavy atom. The van der Waals surface area contributed by atoms with Gasteiger partial charge in [-0.05, 0) is 100 Å². The van der Waals surface area contributed by atoms with E-state index in [9.17, 15) is 9.18 Å². The van der Waals surface area contributed by atoms with Crippen molar-refractivity contribution in [3.8, 4) is 22.6 Å². The predicted octanol–water partition coefficient (Wildman–Crippen LogP) is 6.18. The average molecular weight is 534 g/mol. The molecule has 0 aliphatic carbocycles. The standard InChI is InChI=1S/C32H40FN3O3/c1-2-38-30-13-10-26(11-14-30)27-9-12-29(34-24-27)22-32(37)35-23-25-19-28(33)21-31(20-25)39-18-8-4-7-17-36-15-5-3-6-16-36/h9-14,19-21,24H,2-8,15-18,22-23H2,1H3,(H,35,37). The molecule has 1 aliphatic heterocycles. The number of hydrogen-bond donors (Lipinski definition) is 1. The van der Waals surface area contributed by atoms with Gasteiger partial charge in [0.05, 0.1) is 19.6 Å². The quantitative estimate of drug-likeness (QED) is 0.251. The maximum Gasteiger partial charge on any atom is 0.226 e. The lowest BCUT2D eigenvalue weighted by Crippen LogP contribution is -2.30. The van der Waals surface area contributed by atoms with Gasteiger partial charge in [-0.1, -0.05) is 24.6 Å². The molecule has 1 N–H and O–H groups in total. The molecule has 2 heterocycles. The van der Waals surface area contributed by atoms with E-state index in [1.54, 1.807) is 12.3 Å². The Balaban J connectivity index is 1.17. The predicted molar refractivity (Wildman–Crippen MR) is 152 cm³/mol. The summed E-state index contributed by atoms with van der Waals surface area (Å²) in [6.07, 6.45) is 9.14. The molecular formula is C32H40FN3O3. The van der Waals surface area contributed by atoms with E-state index in [0.717, 1.165) is 36.3 Å². The number of piperidine rings is 1. The van der Waals surface area contributed by atoms with Crippen molar-refractivity contribution in [3.63, 3.8) is 0 Å². The van der Waals surface area contributed by atoms with Crippen molar-refractivity contribution in [2.45, 2.75) is 58.4 Å². The van der Waals surface area contributed by atoms with Crippen molar-refractivity contribution in [1.29, 1.82) is 0 Å². The Hall–Kier alpha value is -3.45. The van der Waals surface area contributed by atoms with Crippen LogP contribution < -0.4 is 14.8 Å². The number of pyridine rings is 1. The normalized spacial score (nSPS) is 13.7. The molecule has 1 aromatic heterocycles. The van der Waals surface area contributed by atoms with Gasteiger partial charge in [0.2, 0.25) is 5.91 Å². The number of carbonyl (C=O) groups is 1. The highest BCUT2D eigenvalue weighted by atomic mass is 19.1. The zero-order valence-electron chi connectivity index (χ0n) is 23.0. The summed E-state index contributed by atoms with van der Waals surface area (Å²) < 4.78 is 25.4. The number of ether oxygens (including phenoxy) is 2. The summed E-state index contributed by atoms with van der Waals surface area (Å²) in [7, 11) is 0. The lowest BCUT2D eigenvalue weighted by atomic mass is 10.1. The van der Waals surface area contributed by atoms with E-state index in [4.69, 9.17) is 9.47 Å². The topological polar surface area (TPSA) is 63.7 Å². The number of nitrogens with zero attached hydrogens (tertiary/aromatic N) is 2. The van der Waals surface area contributed by atoms with Gasteiger partial charge in [-0.3, -0.25) is 9.78 Å². The Morgan fingerprint density at radius 2 is 1.72 bits per heavy atom. The van der Waals surface area contributed by atoms with Crippen LogP contribution in [-0.4, -0.2) is 48.6 Å². The number of likely N-dealkylation sites (tertiary alicyclic amines) is 1. The summed E-state index contributed by atoms with van der Waals surface area (Å²) in [5.41, 5.74) is 3.34. The number of hydrogen-bond acceptors (Lipinski definition) is 5. The van der Waals surface area contributed by atoms with Crippen LogP contribution >= 0.6 is 0 Å². The number of unbranched alkanes of at least 4 members (excludes halogenated alkanes) is 2. The molecule has 0 spiro atoms. The molecular weight excluding hydrogens is 493 g/mol. The van der Waals surface area contributed by atoms with Gasteiger partial charge in [0, 0.05) is 30.1 Å². The highest BCUT2D eigenvalue weighted by Crippen LogP contribution is 2.22. The minimum atomic E-state index is -0.367. The molecule has 39 heavy (non-hydrogen) atoms. The molecule has 0 radical (unpaired) electrons. The van der Waals surface area contributed by atoms with Crippen molar-refractivity contribution in [2.24, 2.45) is 0 Å². The first kappa shape index (κ1) is 28.6. The van der Waals surface area contributed by atoms with Gasteiger partial charge in [0.1, 0.15) is 17.3 Å². The summed E-state index contributed by atoms with van der Waals surface area (Å²) in [6, 6.07) is 16.3. The molecule has 0 bridgehead atoms. The van der Waals surface area contributed by atoms with Gasteiger partial charge >= 0.3 is 0 Å². The summed E-state index contributed by atoms with van der Waals surface area (Å²) >= 11 is 0. The first-order chi connectivity index (χ1) is 19.1. The van der Waals surface area contributed by atoms with Gasteiger partial charge in [0.25, 0.3) is 0 Å². The number of nitrogens with one attached hydrogen (secondary N) is 1. The zero-order chi connectivity index (χ0) is 27.3. The molecule has 7 heteroatoms. The molecule has 1 aliphatic rings. The van der Waals surface area contributed by atoms with E-state index in [0.29, 0.717) is 30.2 Å². The second-order valence-corrected chi connectivity index (χ2v) is 10.1. The fourth-order valence-electron chi connectivity index (χ4n) is 4.83. The van der Waals surface area contributed by atoms with Gasteiger partial charge in [-0.2, -0.15) is 0 Å². The van der Waals surface area contributed by atoms with E-state index in [-0.39, 0.29) is 24.7 Å². The van der Waals surface area contributed by atoms with Crippen LogP contribution in [0.4, 0.5) is 4.39 Å². The van der Waals surface area contributed by atoms with Crippen molar-refractivity contribution in [2.75, 3.05) is 32.8 Å². The van der Waals surface area contributed by atoms with E-state index in [1.165, 1.54) is 50.9 Å². The first-order valence-corrected chi connectivity index (χ1v) is 14.2. The van der Waals surface area contributed by atoms with Gasteiger partial charge in [-0.15, -0.1) is 0 Å². The summed E-state index contributed by atoms with van der Waals surface area (Å²) in [4.78, 5) is 19.5. The molecule has 6 nitrogen and oxygen atoms in total.